The van der Waals surface area contributed by atoms with Gasteiger partial charge >= 0.3 is 0 Å². The molecule has 2 N–H and O–H groups in total. The summed E-state index contributed by atoms with van der Waals surface area (Å²) in [7, 11) is 0. The first-order valence-electron chi connectivity index (χ1n) is 7.57. The first-order valence-corrected chi connectivity index (χ1v) is 8.36. The van der Waals surface area contributed by atoms with Gasteiger partial charge in [0.25, 0.3) is 11.8 Å². The highest BCUT2D eigenvalue weighted by atomic mass is 79.9. The van der Waals surface area contributed by atoms with Gasteiger partial charge in [0.2, 0.25) is 11.8 Å². The highest BCUT2D eigenvalue weighted by molar-refractivity contribution is 9.10. The van der Waals surface area contributed by atoms with Crippen LogP contribution >= 0.6 is 15.9 Å². The molecule has 1 aromatic carbocycles. The molecule has 0 unspecified atom stereocenters. The Balaban J connectivity index is 1.77. The number of nitrogens with one attached hydrogen (secondary N) is 2. The van der Waals surface area contributed by atoms with Gasteiger partial charge in [0.05, 0.1) is 11.1 Å². The van der Waals surface area contributed by atoms with Crippen molar-refractivity contribution in [2.24, 2.45) is 0 Å². The summed E-state index contributed by atoms with van der Waals surface area (Å²) in [5.41, 5.74) is 0.775. The van der Waals surface area contributed by atoms with Crippen molar-refractivity contribution in [2.45, 2.75) is 19.8 Å². The normalized spacial score (nSPS) is 13.0. The number of carbonyl (C=O) groups excluding carboxylic acids is 4. The molecule has 0 bridgehead atoms. The topological polar surface area (TPSA) is 95.6 Å². The van der Waals surface area contributed by atoms with Gasteiger partial charge in [0.15, 0.2) is 0 Å². The van der Waals surface area contributed by atoms with Gasteiger partial charge in [-0.2, -0.15) is 0 Å². The van der Waals surface area contributed by atoms with Crippen LogP contribution in [0.2, 0.25) is 0 Å². The molecule has 1 aliphatic heterocycles. The first kappa shape index (κ1) is 18.1. The second kappa shape index (κ2) is 8.05. The summed E-state index contributed by atoms with van der Waals surface area (Å²) in [6.07, 6.45) is 0.593. The lowest BCUT2D eigenvalue weighted by Crippen LogP contribution is -2.34. The lowest BCUT2D eigenvalue weighted by Gasteiger charge is -2.13. The number of hydrogen-bond donors (Lipinski definition) is 2. The van der Waals surface area contributed by atoms with E-state index in [9.17, 15) is 19.2 Å². The van der Waals surface area contributed by atoms with Crippen LogP contribution in [0.5, 0.6) is 0 Å². The zero-order valence-electron chi connectivity index (χ0n) is 13.2. The average molecular weight is 396 g/mol. The molecule has 1 heterocycles. The van der Waals surface area contributed by atoms with E-state index >= 15 is 0 Å². The highest BCUT2D eigenvalue weighted by Gasteiger charge is 2.35. The second-order valence-corrected chi connectivity index (χ2v) is 6.30. The molecule has 0 spiro atoms. The Morgan fingerprint density at radius 3 is 2.46 bits per heavy atom. The molecule has 0 aliphatic carbocycles. The molecule has 0 saturated heterocycles. The van der Waals surface area contributed by atoms with Crippen molar-refractivity contribution in [1.29, 1.82) is 0 Å². The van der Waals surface area contributed by atoms with Crippen molar-refractivity contribution in [3.63, 3.8) is 0 Å². The number of rotatable bonds is 7. The molecular weight excluding hydrogens is 378 g/mol. The third kappa shape index (κ3) is 4.41. The van der Waals surface area contributed by atoms with Gasteiger partial charge in [-0.3, -0.25) is 24.1 Å². The van der Waals surface area contributed by atoms with Crippen LogP contribution in [0.15, 0.2) is 22.7 Å². The van der Waals surface area contributed by atoms with E-state index in [4.69, 9.17) is 0 Å². The van der Waals surface area contributed by atoms with Gasteiger partial charge in [0, 0.05) is 37.5 Å². The van der Waals surface area contributed by atoms with Crippen molar-refractivity contribution < 1.29 is 19.2 Å². The molecule has 0 saturated carbocycles. The summed E-state index contributed by atoms with van der Waals surface area (Å²) in [4.78, 5) is 48.0. The number of carbonyl (C=O) groups is 4. The monoisotopic (exact) mass is 395 g/mol. The number of benzene rings is 1. The van der Waals surface area contributed by atoms with Crippen LogP contribution in [0.3, 0.4) is 0 Å². The predicted molar refractivity (Wildman–Crippen MR) is 90.4 cm³/mol. The zero-order chi connectivity index (χ0) is 17.7. The molecule has 1 aromatic rings. The molecule has 128 valence electrons. The number of halogens is 1. The molecular formula is C16H18BrN3O4. The van der Waals surface area contributed by atoms with Crippen molar-refractivity contribution in [3.8, 4) is 0 Å². The van der Waals surface area contributed by atoms with E-state index in [1.165, 1.54) is 11.8 Å². The Hall–Kier alpha value is -2.22. The predicted octanol–water partition coefficient (Wildman–Crippen LogP) is 1.08. The fourth-order valence-electron chi connectivity index (χ4n) is 2.39. The largest absolute Gasteiger partial charge is 0.355 e. The van der Waals surface area contributed by atoms with Crippen LogP contribution in [0.25, 0.3) is 0 Å². The molecule has 0 aromatic heterocycles. The molecule has 7 nitrogen and oxygen atoms in total. The van der Waals surface area contributed by atoms with Crippen LogP contribution in [0, 0.1) is 0 Å². The van der Waals surface area contributed by atoms with Gasteiger partial charge in [-0.15, -0.1) is 0 Å². The molecule has 0 atom stereocenters. The van der Waals surface area contributed by atoms with Crippen molar-refractivity contribution in [3.05, 3.63) is 33.8 Å². The van der Waals surface area contributed by atoms with E-state index in [0.717, 1.165) is 4.47 Å². The highest BCUT2D eigenvalue weighted by Crippen LogP contribution is 2.26. The Morgan fingerprint density at radius 1 is 1.08 bits per heavy atom. The van der Waals surface area contributed by atoms with Crippen LogP contribution in [-0.4, -0.2) is 48.2 Å². The van der Waals surface area contributed by atoms with Crippen LogP contribution < -0.4 is 10.6 Å². The summed E-state index contributed by atoms with van der Waals surface area (Å²) in [5, 5.41) is 5.24. The van der Waals surface area contributed by atoms with Crippen LogP contribution in [0.4, 0.5) is 0 Å². The average Bonchev–Trinajstić information content (AvgIpc) is 2.76. The summed E-state index contributed by atoms with van der Waals surface area (Å²) in [5.74, 6) is -0.989. The molecule has 0 fully saturated rings. The van der Waals surface area contributed by atoms with Gasteiger partial charge < -0.3 is 10.6 Å². The molecule has 2 rings (SSSR count). The minimum atomic E-state index is -0.331. The maximum atomic E-state index is 12.3. The van der Waals surface area contributed by atoms with Gasteiger partial charge in [-0.05, 0) is 24.6 Å². The molecule has 0 radical (unpaired) electrons. The Labute approximate surface area is 147 Å². The maximum Gasteiger partial charge on any atom is 0.261 e. The summed E-state index contributed by atoms with van der Waals surface area (Å²) >= 11 is 3.28. The summed E-state index contributed by atoms with van der Waals surface area (Å²) in [6, 6.07) is 4.97. The minimum absolute atomic E-state index is 0.151. The third-order valence-corrected chi connectivity index (χ3v) is 4.03. The smallest absolute Gasteiger partial charge is 0.261 e. The van der Waals surface area contributed by atoms with Crippen molar-refractivity contribution >= 4 is 39.6 Å². The fourth-order valence-corrected chi connectivity index (χ4v) is 2.75. The maximum absolute atomic E-state index is 12.3. The number of nitrogens with zero attached hydrogens (tertiary/aromatic N) is 1. The van der Waals surface area contributed by atoms with E-state index in [2.05, 4.69) is 26.6 Å². The lowest BCUT2D eigenvalue weighted by molar-refractivity contribution is -0.122. The van der Waals surface area contributed by atoms with Gasteiger partial charge in [-0.25, -0.2) is 0 Å². The van der Waals surface area contributed by atoms with E-state index in [-0.39, 0.29) is 36.6 Å². The van der Waals surface area contributed by atoms with E-state index in [1.54, 1.807) is 18.2 Å². The Kier molecular flexibility index (Phi) is 6.08. The van der Waals surface area contributed by atoms with Crippen molar-refractivity contribution in [2.75, 3.05) is 19.6 Å². The SMILES string of the molecule is CC(=O)NCCNC(=O)CCCN1C(=O)c2ccc(Br)cc2C1=O. The van der Waals surface area contributed by atoms with Gasteiger partial charge in [-0.1, -0.05) is 15.9 Å². The summed E-state index contributed by atoms with van der Waals surface area (Å²) in [6.45, 7) is 2.32. The van der Waals surface area contributed by atoms with Gasteiger partial charge in [0.1, 0.15) is 0 Å². The quantitative estimate of drug-likeness (QED) is 0.533. The standard InChI is InChI=1S/C16H18BrN3O4/c1-10(21)18-6-7-19-14(22)3-2-8-20-15(23)12-5-4-11(17)9-13(12)16(20)24/h4-5,9H,2-3,6-8H2,1H3,(H,18,21)(H,19,22). The lowest BCUT2D eigenvalue weighted by atomic mass is 10.1. The van der Waals surface area contributed by atoms with E-state index in [0.29, 0.717) is 30.6 Å². The van der Waals surface area contributed by atoms with E-state index in [1.807, 2.05) is 0 Å². The minimum Gasteiger partial charge on any atom is -0.355 e. The molecule has 4 amide bonds. The zero-order valence-corrected chi connectivity index (χ0v) is 14.8. The van der Waals surface area contributed by atoms with Crippen molar-refractivity contribution in [1.82, 2.24) is 15.5 Å². The third-order valence-electron chi connectivity index (χ3n) is 3.54. The van der Waals surface area contributed by atoms with Crippen LogP contribution in [-0.2, 0) is 9.59 Å². The molecule has 8 heteroatoms. The number of amides is 4. The van der Waals surface area contributed by atoms with E-state index < -0.39 is 0 Å². The second-order valence-electron chi connectivity index (χ2n) is 5.39. The number of fused-ring (bicyclic) bond motifs is 1. The number of hydrogen-bond acceptors (Lipinski definition) is 4. The summed E-state index contributed by atoms with van der Waals surface area (Å²) < 4.78 is 0.739. The Morgan fingerprint density at radius 2 is 1.75 bits per heavy atom. The molecule has 1 aliphatic rings. The fraction of sp³-hybridized carbons (Fsp3) is 0.375. The molecule has 24 heavy (non-hydrogen) atoms. The Bertz CT molecular complexity index is 690. The number of imide groups is 1. The van der Waals surface area contributed by atoms with Crippen LogP contribution in [0.1, 0.15) is 40.5 Å². The first-order chi connectivity index (χ1) is 11.4.